The Bertz CT molecular complexity index is 868. The van der Waals surface area contributed by atoms with E-state index in [9.17, 15) is 4.79 Å². The SMILES string of the molecule is O=C(c1ccco1)N1CCN(Cc2noc(-c3ccc(Cl)cc3)n2)CC1. The highest BCUT2D eigenvalue weighted by Crippen LogP contribution is 2.20. The molecular formula is C18H17ClN4O3. The summed E-state index contributed by atoms with van der Waals surface area (Å²) in [6.07, 6.45) is 1.51. The van der Waals surface area contributed by atoms with Gasteiger partial charge in [0.05, 0.1) is 12.8 Å². The van der Waals surface area contributed by atoms with Crippen molar-refractivity contribution in [2.45, 2.75) is 6.54 Å². The molecule has 0 atom stereocenters. The summed E-state index contributed by atoms with van der Waals surface area (Å²) in [7, 11) is 0. The molecular weight excluding hydrogens is 356 g/mol. The zero-order valence-electron chi connectivity index (χ0n) is 14.0. The van der Waals surface area contributed by atoms with Gasteiger partial charge in [0.2, 0.25) is 0 Å². The Labute approximate surface area is 155 Å². The second-order valence-electron chi connectivity index (χ2n) is 6.07. The fraction of sp³-hybridized carbons (Fsp3) is 0.278. The molecule has 0 aliphatic carbocycles. The number of hydrogen-bond acceptors (Lipinski definition) is 6. The van der Waals surface area contributed by atoms with Crippen LogP contribution in [0.15, 0.2) is 51.6 Å². The van der Waals surface area contributed by atoms with E-state index in [2.05, 4.69) is 15.0 Å². The summed E-state index contributed by atoms with van der Waals surface area (Å²) in [5.74, 6) is 1.41. The van der Waals surface area contributed by atoms with Gasteiger partial charge in [-0.3, -0.25) is 9.69 Å². The second-order valence-corrected chi connectivity index (χ2v) is 6.50. The number of aromatic nitrogens is 2. The van der Waals surface area contributed by atoms with Gasteiger partial charge in [-0.1, -0.05) is 16.8 Å². The number of piperazine rings is 1. The van der Waals surface area contributed by atoms with E-state index in [1.165, 1.54) is 6.26 Å². The van der Waals surface area contributed by atoms with Crippen LogP contribution in [-0.2, 0) is 6.54 Å². The van der Waals surface area contributed by atoms with Crippen molar-refractivity contribution < 1.29 is 13.7 Å². The lowest BCUT2D eigenvalue weighted by atomic mass is 10.2. The Morgan fingerprint density at radius 3 is 2.58 bits per heavy atom. The number of hydrogen-bond donors (Lipinski definition) is 0. The normalized spacial score (nSPS) is 15.3. The van der Waals surface area contributed by atoms with Gasteiger partial charge in [-0.15, -0.1) is 0 Å². The fourth-order valence-corrected chi connectivity index (χ4v) is 3.02. The van der Waals surface area contributed by atoms with Gasteiger partial charge < -0.3 is 13.8 Å². The molecule has 4 rings (SSSR count). The largest absolute Gasteiger partial charge is 0.459 e. The van der Waals surface area contributed by atoms with Crippen LogP contribution in [0.25, 0.3) is 11.5 Å². The van der Waals surface area contributed by atoms with E-state index in [4.69, 9.17) is 20.5 Å². The number of benzene rings is 1. The smallest absolute Gasteiger partial charge is 0.289 e. The summed E-state index contributed by atoms with van der Waals surface area (Å²) < 4.78 is 10.5. The monoisotopic (exact) mass is 372 g/mol. The highest BCUT2D eigenvalue weighted by Gasteiger charge is 2.24. The highest BCUT2D eigenvalue weighted by molar-refractivity contribution is 6.30. The van der Waals surface area contributed by atoms with E-state index in [0.717, 1.165) is 18.7 Å². The zero-order chi connectivity index (χ0) is 17.9. The first-order valence-electron chi connectivity index (χ1n) is 8.33. The fourth-order valence-electron chi connectivity index (χ4n) is 2.89. The molecule has 0 unspecified atom stereocenters. The topological polar surface area (TPSA) is 75.6 Å². The van der Waals surface area contributed by atoms with Gasteiger partial charge in [-0.05, 0) is 36.4 Å². The van der Waals surface area contributed by atoms with Crippen LogP contribution in [0.3, 0.4) is 0 Å². The van der Waals surface area contributed by atoms with E-state index in [1.54, 1.807) is 29.2 Å². The quantitative estimate of drug-likeness (QED) is 0.701. The van der Waals surface area contributed by atoms with Gasteiger partial charge in [0.15, 0.2) is 11.6 Å². The van der Waals surface area contributed by atoms with Gasteiger partial charge in [0.1, 0.15) is 0 Å². The summed E-state index contributed by atoms with van der Waals surface area (Å²) in [5, 5.41) is 4.71. The Morgan fingerprint density at radius 2 is 1.88 bits per heavy atom. The van der Waals surface area contributed by atoms with Crippen molar-refractivity contribution in [1.82, 2.24) is 19.9 Å². The van der Waals surface area contributed by atoms with Crippen molar-refractivity contribution in [1.29, 1.82) is 0 Å². The number of furan rings is 1. The lowest BCUT2D eigenvalue weighted by Crippen LogP contribution is -2.48. The van der Waals surface area contributed by atoms with Crippen LogP contribution in [0.2, 0.25) is 5.02 Å². The molecule has 1 amide bonds. The molecule has 0 N–H and O–H groups in total. The number of halogens is 1. The molecule has 1 fully saturated rings. The van der Waals surface area contributed by atoms with Crippen LogP contribution in [0.5, 0.6) is 0 Å². The summed E-state index contributed by atoms with van der Waals surface area (Å²) in [4.78, 5) is 20.7. The van der Waals surface area contributed by atoms with Gasteiger partial charge in [-0.25, -0.2) is 0 Å². The van der Waals surface area contributed by atoms with Crippen molar-refractivity contribution in [2.24, 2.45) is 0 Å². The summed E-state index contributed by atoms with van der Waals surface area (Å²) in [6, 6.07) is 10.7. The summed E-state index contributed by atoms with van der Waals surface area (Å²) >= 11 is 5.89. The molecule has 1 aromatic carbocycles. The minimum atomic E-state index is -0.0702. The Kier molecular flexibility index (Phi) is 4.73. The summed E-state index contributed by atoms with van der Waals surface area (Å²) in [6.45, 7) is 3.36. The maximum atomic E-state index is 12.3. The van der Waals surface area contributed by atoms with Crippen LogP contribution < -0.4 is 0 Å². The van der Waals surface area contributed by atoms with Crippen molar-refractivity contribution in [3.05, 3.63) is 59.3 Å². The number of carbonyl (C=O) groups is 1. The predicted molar refractivity (Wildman–Crippen MR) is 94.6 cm³/mol. The minimum absolute atomic E-state index is 0.0702. The molecule has 3 aromatic rings. The molecule has 2 aromatic heterocycles. The van der Waals surface area contributed by atoms with Crippen LogP contribution in [-0.4, -0.2) is 52.0 Å². The lowest BCUT2D eigenvalue weighted by molar-refractivity contribution is 0.0594. The first-order valence-corrected chi connectivity index (χ1v) is 8.70. The predicted octanol–water partition coefficient (Wildman–Crippen LogP) is 2.94. The molecule has 0 spiro atoms. The first kappa shape index (κ1) is 16.8. The maximum Gasteiger partial charge on any atom is 0.289 e. The Hall–Kier alpha value is -2.64. The number of rotatable bonds is 4. The molecule has 3 heterocycles. The highest BCUT2D eigenvalue weighted by atomic mass is 35.5. The summed E-state index contributed by atoms with van der Waals surface area (Å²) in [5.41, 5.74) is 0.835. The van der Waals surface area contributed by atoms with Crippen LogP contribution in [0.4, 0.5) is 0 Å². The Balaban J connectivity index is 1.33. The van der Waals surface area contributed by atoms with Gasteiger partial charge in [0.25, 0.3) is 11.8 Å². The van der Waals surface area contributed by atoms with Gasteiger partial charge in [0, 0.05) is 36.8 Å². The molecule has 0 saturated carbocycles. The minimum Gasteiger partial charge on any atom is -0.459 e. The maximum absolute atomic E-state index is 12.3. The molecule has 134 valence electrons. The third-order valence-electron chi connectivity index (χ3n) is 4.32. The zero-order valence-corrected chi connectivity index (χ0v) is 14.7. The second kappa shape index (κ2) is 7.31. The molecule has 1 aliphatic heterocycles. The van der Waals surface area contributed by atoms with Crippen molar-refractivity contribution in [2.75, 3.05) is 26.2 Å². The molecule has 1 aliphatic rings. The van der Waals surface area contributed by atoms with Crippen LogP contribution in [0.1, 0.15) is 16.4 Å². The third-order valence-corrected chi connectivity index (χ3v) is 4.57. The van der Waals surface area contributed by atoms with Crippen molar-refractivity contribution >= 4 is 17.5 Å². The average molecular weight is 373 g/mol. The molecule has 1 saturated heterocycles. The Morgan fingerprint density at radius 1 is 1.12 bits per heavy atom. The molecule has 0 radical (unpaired) electrons. The first-order chi connectivity index (χ1) is 12.7. The molecule has 8 heteroatoms. The van der Waals surface area contributed by atoms with Gasteiger partial charge in [-0.2, -0.15) is 4.98 Å². The number of nitrogens with zero attached hydrogens (tertiary/aromatic N) is 4. The third kappa shape index (κ3) is 3.63. The lowest BCUT2D eigenvalue weighted by Gasteiger charge is -2.33. The molecule has 7 nitrogen and oxygen atoms in total. The molecule has 26 heavy (non-hydrogen) atoms. The molecule has 0 bridgehead atoms. The number of carbonyl (C=O) groups excluding carboxylic acids is 1. The van der Waals surface area contributed by atoms with Crippen LogP contribution >= 0.6 is 11.6 Å². The number of amides is 1. The van der Waals surface area contributed by atoms with Crippen molar-refractivity contribution in [3.8, 4) is 11.5 Å². The van der Waals surface area contributed by atoms with E-state index in [-0.39, 0.29) is 5.91 Å². The van der Waals surface area contributed by atoms with E-state index in [0.29, 0.717) is 42.1 Å². The van der Waals surface area contributed by atoms with E-state index in [1.807, 2.05) is 12.1 Å². The van der Waals surface area contributed by atoms with Crippen molar-refractivity contribution in [3.63, 3.8) is 0 Å². The van der Waals surface area contributed by atoms with E-state index >= 15 is 0 Å². The standard InChI is InChI=1S/C18H17ClN4O3/c19-14-5-3-13(4-6-14)17-20-16(21-26-17)12-22-7-9-23(10-8-22)18(24)15-2-1-11-25-15/h1-6,11H,7-10,12H2. The van der Waals surface area contributed by atoms with Gasteiger partial charge >= 0.3 is 0 Å². The van der Waals surface area contributed by atoms with E-state index < -0.39 is 0 Å². The van der Waals surface area contributed by atoms with Crippen LogP contribution in [0, 0.1) is 0 Å². The average Bonchev–Trinajstić information content (AvgIpc) is 3.35.